The predicted octanol–water partition coefficient (Wildman–Crippen LogP) is 6.60. The largest absolute Gasteiger partial charge is 0.417 e. The number of halogens is 6. The summed E-state index contributed by atoms with van der Waals surface area (Å²) in [5.41, 5.74) is -0.579. The summed E-state index contributed by atoms with van der Waals surface area (Å²) in [6.07, 6.45) is -4.07. The zero-order valence-electron chi connectivity index (χ0n) is 23.3. The summed E-state index contributed by atoms with van der Waals surface area (Å²) < 4.78 is 67.0. The van der Waals surface area contributed by atoms with Crippen molar-refractivity contribution in [2.75, 3.05) is 17.1 Å². The number of rotatable bonds is 11. The number of benzene rings is 3. The van der Waals surface area contributed by atoms with Crippen LogP contribution in [0, 0.1) is 0 Å². The van der Waals surface area contributed by atoms with Gasteiger partial charge in [-0.05, 0) is 55.3 Å². The smallest absolute Gasteiger partial charge is 0.352 e. The van der Waals surface area contributed by atoms with Gasteiger partial charge in [0.05, 0.1) is 22.5 Å². The number of nitrogens with zero attached hydrogens (tertiary/aromatic N) is 2. The van der Waals surface area contributed by atoms with Crippen LogP contribution in [0.2, 0.25) is 15.1 Å². The monoisotopic (exact) mass is 677 g/mol. The molecule has 0 aliphatic carbocycles. The van der Waals surface area contributed by atoms with Gasteiger partial charge in [-0.2, -0.15) is 13.2 Å². The second-order valence-electron chi connectivity index (χ2n) is 10.1. The van der Waals surface area contributed by atoms with Crippen LogP contribution in [0.25, 0.3) is 0 Å². The van der Waals surface area contributed by atoms with E-state index in [-0.39, 0.29) is 24.0 Å². The number of carbonyl (C=O) groups is 2. The van der Waals surface area contributed by atoms with E-state index in [0.29, 0.717) is 26.5 Å². The minimum atomic E-state index is -4.88. The highest BCUT2D eigenvalue weighted by Crippen LogP contribution is 2.37. The van der Waals surface area contributed by atoms with Gasteiger partial charge in [-0.1, -0.05) is 71.2 Å². The SMILES string of the molecule is CC(C)NC(=O)[C@H](Cc1ccccc1)N(Cc1ccc(Cl)cc1Cl)C(=O)CN(c1ccc(Cl)c(C(F)(F)F)c1)S(C)(=O)=O. The van der Waals surface area contributed by atoms with E-state index in [1.54, 1.807) is 56.3 Å². The lowest BCUT2D eigenvalue weighted by Gasteiger charge is -2.34. The van der Waals surface area contributed by atoms with E-state index >= 15 is 0 Å². The van der Waals surface area contributed by atoms with Crippen molar-refractivity contribution < 1.29 is 31.2 Å². The second-order valence-corrected chi connectivity index (χ2v) is 13.2. The molecule has 0 radical (unpaired) electrons. The molecule has 0 aliphatic rings. The molecule has 43 heavy (non-hydrogen) atoms. The van der Waals surface area contributed by atoms with E-state index in [0.717, 1.165) is 18.4 Å². The lowest BCUT2D eigenvalue weighted by atomic mass is 10.0. The molecular formula is C29H29Cl3F3N3O4S. The zero-order valence-corrected chi connectivity index (χ0v) is 26.4. The van der Waals surface area contributed by atoms with Gasteiger partial charge < -0.3 is 10.2 Å². The van der Waals surface area contributed by atoms with Crippen LogP contribution < -0.4 is 9.62 Å². The van der Waals surface area contributed by atoms with Crippen LogP contribution in [0.3, 0.4) is 0 Å². The second kappa shape index (κ2) is 14.2. The highest BCUT2D eigenvalue weighted by atomic mass is 35.5. The van der Waals surface area contributed by atoms with Gasteiger partial charge in [0.25, 0.3) is 0 Å². The van der Waals surface area contributed by atoms with Crippen molar-refractivity contribution >= 4 is 62.3 Å². The predicted molar refractivity (Wildman–Crippen MR) is 163 cm³/mol. The Morgan fingerprint density at radius 2 is 1.58 bits per heavy atom. The van der Waals surface area contributed by atoms with E-state index in [4.69, 9.17) is 34.8 Å². The maximum absolute atomic E-state index is 14.0. The Bertz CT molecular complexity index is 1570. The molecule has 3 aromatic carbocycles. The molecule has 0 fully saturated rings. The van der Waals surface area contributed by atoms with Crippen molar-refractivity contribution in [3.8, 4) is 0 Å². The average molecular weight is 679 g/mol. The molecule has 14 heteroatoms. The summed E-state index contributed by atoms with van der Waals surface area (Å²) in [5, 5.41) is 2.68. The molecule has 232 valence electrons. The van der Waals surface area contributed by atoms with Gasteiger partial charge in [-0.3, -0.25) is 13.9 Å². The molecule has 3 rings (SSSR count). The summed E-state index contributed by atoms with van der Waals surface area (Å²) in [5.74, 6) is -1.38. The Kier molecular flexibility index (Phi) is 11.4. The molecule has 0 aromatic heterocycles. The molecular weight excluding hydrogens is 650 g/mol. The summed E-state index contributed by atoms with van der Waals surface area (Å²) in [7, 11) is -4.30. The Morgan fingerprint density at radius 1 is 0.930 bits per heavy atom. The minimum absolute atomic E-state index is 0.0500. The number of nitrogens with one attached hydrogen (secondary N) is 1. The summed E-state index contributed by atoms with van der Waals surface area (Å²) in [6, 6.07) is 14.5. The van der Waals surface area contributed by atoms with Gasteiger partial charge in [-0.25, -0.2) is 8.42 Å². The van der Waals surface area contributed by atoms with Gasteiger partial charge in [0.1, 0.15) is 12.6 Å². The van der Waals surface area contributed by atoms with Crippen molar-refractivity contribution in [3.05, 3.63) is 98.5 Å². The van der Waals surface area contributed by atoms with Crippen molar-refractivity contribution in [1.29, 1.82) is 0 Å². The summed E-state index contributed by atoms with van der Waals surface area (Å²) in [6.45, 7) is 2.33. The molecule has 3 aromatic rings. The third-order valence-corrected chi connectivity index (χ3v) is 8.34. The molecule has 1 N–H and O–H groups in total. The van der Waals surface area contributed by atoms with Gasteiger partial charge in [0.2, 0.25) is 21.8 Å². The number of anilines is 1. The van der Waals surface area contributed by atoms with Crippen molar-refractivity contribution in [3.63, 3.8) is 0 Å². The molecule has 0 unspecified atom stereocenters. The quantitative estimate of drug-likeness (QED) is 0.248. The number of amides is 2. The van der Waals surface area contributed by atoms with Crippen LogP contribution >= 0.6 is 34.8 Å². The van der Waals surface area contributed by atoms with Crippen LogP contribution in [0.1, 0.15) is 30.5 Å². The molecule has 0 saturated carbocycles. The van der Waals surface area contributed by atoms with Crippen LogP contribution in [0.5, 0.6) is 0 Å². The van der Waals surface area contributed by atoms with Gasteiger partial charge in [0, 0.05) is 29.1 Å². The molecule has 0 saturated heterocycles. The highest BCUT2D eigenvalue weighted by molar-refractivity contribution is 7.92. The lowest BCUT2D eigenvalue weighted by molar-refractivity contribution is -0.140. The zero-order chi connectivity index (χ0) is 32.1. The van der Waals surface area contributed by atoms with E-state index < -0.39 is 56.9 Å². The fraction of sp³-hybridized carbons (Fsp3) is 0.310. The minimum Gasteiger partial charge on any atom is -0.352 e. The maximum Gasteiger partial charge on any atom is 0.417 e. The molecule has 1 atom stereocenters. The molecule has 0 spiro atoms. The van der Waals surface area contributed by atoms with E-state index in [9.17, 15) is 31.2 Å². The van der Waals surface area contributed by atoms with Crippen molar-refractivity contribution in [2.24, 2.45) is 0 Å². The molecule has 7 nitrogen and oxygen atoms in total. The van der Waals surface area contributed by atoms with Gasteiger partial charge >= 0.3 is 6.18 Å². The number of carbonyl (C=O) groups excluding carboxylic acids is 2. The van der Waals surface area contributed by atoms with Crippen molar-refractivity contribution in [2.45, 2.75) is 45.1 Å². The number of sulfonamides is 1. The molecule has 0 aliphatic heterocycles. The number of alkyl halides is 3. The third-order valence-electron chi connectivity index (χ3n) is 6.28. The molecule has 0 bridgehead atoms. The first-order valence-electron chi connectivity index (χ1n) is 12.9. The van der Waals surface area contributed by atoms with Crippen LogP contribution in [-0.2, 0) is 38.8 Å². The normalized spacial score (nSPS) is 12.6. The van der Waals surface area contributed by atoms with Crippen molar-refractivity contribution in [1.82, 2.24) is 10.2 Å². The third kappa shape index (κ3) is 9.50. The van der Waals surface area contributed by atoms with Crippen LogP contribution in [0.4, 0.5) is 18.9 Å². The van der Waals surface area contributed by atoms with E-state index in [1.165, 1.54) is 11.0 Å². The van der Waals surface area contributed by atoms with Crippen LogP contribution in [0.15, 0.2) is 66.7 Å². The Hall–Kier alpha value is -2.99. The Morgan fingerprint density at radius 3 is 2.14 bits per heavy atom. The van der Waals surface area contributed by atoms with Crippen LogP contribution in [-0.4, -0.2) is 50.0 Å². The molecule has 0 heterocycles. The first kappa shape index (κ1) is 34.5. The first-order chi connectivity index (χ1) is 20.0. The lowest BCUT2D eigenvalue weighted by Crippen LogP contribution is -2.54. The maximum atomic E-state index is 14.0. The van der Waals surface area contributed by atoms with E-state index in [1.807, 2.05) is 0 Å². The molecule has 2 amide bonds. The fourth-order valence-electron chi connectivity index (χ4n) is 4.27. The Labute approximate surface area is 263 Å². The summed E-state index contributed by atoms with van der Waals surface area (Å²) in [4.78, 5) is 28.8. The number of hydrogen-bond acceptors (Lipinski definition) is 4. The van der Waals surface area contributed by atoms with Gasteiger partial charge in [0.15, 0.2) is 0 Å². The standard InChI is InChI=1S/C29H29Cl3F3N3O4S/c1-18(2)36-28(40)26(13-19-7-5-4-6-8-19)37(16-20-9-10-21(30)14-25(20)32)27(39)17-38(43(3,41)42)22-11-12-24(31)23(15-22)29(33,34)35/h4-12,14-15,18,26H,13,16-17H2,1-3H3,(H,36,40)/t26-/m0/s1. The average Bonchev–Trinajstić information content (AvgIpc) is 2.89. The highest BCUT2D eigenvalue weighted by Gasteiger charge is 2.36. The Balaban J connectivity index is 2.13. The first-order valence-corrected chi connectivity index (χ1v) is 15.9. The van der Waals surface area contributed by atoms with E-state index in [2.05, 4.69) is 5.32 Å². The summed E-state index contributed by atoms with van der Waals surface area (Å²) >= 11 is 18.2. The fourth-order valence-corrected chi connectivity index (χ4v) is 5.80. The van der Waals surface area contributed by atoms with Gasteiger partial charge in [-0.15, -0.1) is 0 Å². The topological polar surface area (TPSA) is 86.8 Å². The number of hydrogen-bond donors (Lipinski definition) is 1.